The van der Waals surface area contributed by atoms with E-state index in [4.69, 9.17) is 5.73 Å². The quantitative estimate of drug-likeness (QED) is 0.500. The fourth-order valence-corrected chi connectivity index (χ4v) is 1.55. The van der Waals surface area contributed by atoms with Gasteiger partial charge in [-0.3, -0.25) is 0 Å². The molecule has 76 valence electrons. The molecule has 14 heavy (non-hydrogen) atoms. The van der Waals surface area contributed by atoms with Gasteiger partial charge in [0.2, 0.25) is 0 Å². The number of hydrogen-bond donors (Lipinski definition) is 3. The van der Waals surface area contributed by atoms with Crippen molar-refractivity contribution in [2.24, 2.45) is 0 Å². The molecule has 0 radical (unpaired) electrons. The van der Waals surface area contributed by atoms with Gasteiger partial charge >= 0.3 is 7.05 Å². The van der Waals surface area contributed by atoms with Crippen LogP contribution in [0, 0.1) is 6.92 Å². The lowest BCUT2D eigenvalue weighted by atomic mass is 9.86. The van der Waals surface area contributed by atoms with Gasteiger partial charge < -0.3 is 16.0 Å². The van der Waals surface area contributed by atoms with Gasteiger partial charge in [-0.05, 0) is 43.9 Å². The maximum absolute atomic E-state index is 9.18. The average Bonchev–Trinajstić information content (AvgIpc) is 2.00. The Bertz CT molecular complexity index is 295. The highest BCUT2D eigenvalue weighted by Gasteiger charge is 2.10. The number of nitrogens with two attached hydrogens (primary N) is 1. The van der Waals surface area contributed by atoms with Crippen LogP contribution in [0.3, 0.4) is 0 Å². The molecule has 1 aromatic rings. The molecule has 0 saturated heterocycles. The monoisotopic (exact) mass is 192 g/mol. The number of hydrogen-bond acceptors (Lipinski definition) is 3. The molecule has 0 saturated carbocycles. The number of nitrogens with one attached hydrogen (secondary N) is 1. The molecule has 0 unspecified atom stereocenters. The zero-order valence-electron chi connectivity index (χ0n) is 8.91. The first-order valence-electron chi connectivity index (χ1n) is 4.80. The summed E-state index contributed by atoms with van der Waals surface area (Å²) in [6.07, 6.45) is 0. The highest BCUT2D eigenvalue weighted by molar-refractivity contribution is 6.45. The summed E-state index contributed by atoms with van der Waals surface area (Å²) in [4.78, 5) is 0. The SMILES string of the molecule is CB(O)N[C@@H](C)c1cc(C)cc(N)c1. The molecule has 1 aromatic carbocycles. The lowest BCUT2D eigenvalue weighted by Crippen LogP contribution is -2.32. The first-order valence-corrected chi connectivity index (χ1v) is 4.80. The molecule has 0 heterocycles. The first-order chi connectivity index (χ1) is 6.49. The standard InChI is InChI=1S/C10H17BN2O/c1-7-4-9(6-10(12)5-7)8(2)13-11(3)14/h4-6,8,13-14H,12H2,1-3H3/t8-/m0/s1. The Hall–Kier alpha value is -0.995. The molecule has 0 fully saturated rings. The minimum Gasteiger partial charge on any atom is -0.437 e. The van der Waals surface area contributed by atoms with E-state index in [1.807, 2.05) is 26.0 Å². The van der Waals surface area contributed by atoms with E-state index in [0.717, 1.165) is 16.8 Å². The van der Waals surface area contributed by atoms with Crippen molar-refractivity contribution in [3.8, 4) is 0 Å². The molecule has 0 aromatic heterocycles. The molecule has 1 atom stereocenters. The molecular formula is C10H17BN2O. The molecule has 3 nitrogen and oxygen atoms in total. The molecule has 4 heteroatoms. The zero-order chi connectivity index (χ0) is 10.7. The fraction of sp³-hybridized carbons (Fsp3) is 0.400. The fourth-order valence-electron chi connectivity index (χ4n) is 1.55. The van der Waals surface area contributed by atoms with Gasteiger partial charge in [-0.2, -0.15) is 0 Å². The van der Waals surface area contributed by atoms with Crippen molar-refractivity contribution < 1.29 is 5.02 Å². The molecule has 0 spiro atoms. The molecule has 0 aliphatic carbocycles. The van der Waals surface area contributed by atoms with Gasteiger partial charge in [0, 0.05) is 11.7 Å². The van der Waals surface area contributed by atoms with Crippen molar-refractivity contribution in [1.82, 2.24) is 5.23 Å². The summed E-state index contributed by atoms with van der Waals surface area (Å²) >= 11 is 0. The van der Waals surface area contributed by atoms with Crippen LogP contribution in [0.5, 0.6) is 0 Å². The summed E-state index contributed by atoms with van der Waals surface area (Å²) in [6.45, 7) is 5.71. The minimum atomic E-state index is -0.508. The number of rotatable bonds is 3. The Morgan fingerprint density at radius 1 is 1.43 bits per heavy atom. The molecule has 0 bridgehead atoms. The highest BCUT2D eigenvalue weighted by Crippen LogP contribution is 2.17. The summed E-state index contributed by atoms with van der Waals surface area (Å²) in [7, 11) is -0.508. The van der Waals surface area contributed by atoms with Gasteiger partial charge in [-0.15, -0.1) is 0 Å². The Morgan fingerprint density at radius 3 is 2.57 bits per heavy atom. The predicted octanol–water partition coefficient (Wildman–Crippen LogP) is 1.34. The van der Waals surface area contributed by atoms with Crippen LogP contribution < -0.4 is 11.0 Å². The number of nitrogen functional groups attached to an aromatic ring is 1. The second-order valence-electron chi connectivity index (χ2n) is 3.74. The summed E-state index contributed by atoms with van der Waals surface area (Å²) in [6, 6.07) is 6.03. The third-order valence-corrected chi connectivity index (χ3v) is 2.11. The Kier molecular flexibility index (Phi) is 3.55. The number of aryl methyl sites for hydroxylation is 1. The van der Waals surface area contributed by atoms with Crippen LogP contribution in [0.1, 0.15) is 24.1 Å². The summed E-state index contributed by atoms with van der Waals surface area (Å²) in [5.74, 6) is 0. The topological polar surface area (TPSA) is 58.3 Å². The predicted molar refractivity (Wildman–Crippen MR) is 61.0 cm³/mol. The van der Waals surface area contributed by atoms with Gasteiger partial charge in [-0.1, -0.05) is 6.07 Å². The first kappa shape index (κ1) is 11.1. The normalized spacial score (nSPS) is 12.6. The van der Waals surface area contributed by atoms with Crippen LogP contribution in [-0.2, 0) is 0 Å². The van der Waals surface area contributed by atoms with Crippen molar-refractivity contribution in [1.29, 1.82) is 0 Å². The van der Waals surface area contributed by atoms with E-state index in [1.165, 1.54) is 0 Å². The smallest absolute Gasteiger partial charge is 0.374 e. The molecule has 0 aliphatic heterocycles. The maximum atomic E-state index is 9.18. The number of anilines is 1. The Labute approximate surface area is 85.5 Å². The average molecular weight is 192 g/mol. The maximum Gasteiger partial charge on any atom is 0.374 e. The van der Waals surface area contributed by atoms with Gasteiger partial charge in [0.05, 0.1) is 0 Å². The molecule has 0 aliphatic rings. The lowest BCUT2D eigenvalue weighted by molar-refractivity contribution is 0.534. The van der Waals surface area contributed by atoms with Crippen LogP contribution >= 0.6 is 0 Å². The van der Waals surface area contributed by atoms with Crippen LogP contribution in [0.25, 0.3) is 0 Å². The summed E-state index contributed by atoms with van der Waals surface area (Å²) < 4.78 is 0. The molecule has 4 N–H and O–H groups in total. The van der Waals surface area contributed by atoms with Gasteiger partial charge in [0.15, 0.2) is 0 Å². The van der Waals surface area contributed by atoms with Crippen LogP contribution in [0.4, 0.5) is 5.69 Å². The Morgan fingerprint density at radius 2 is 2.07 bits per heavy atom. The van der Waals surface area contributed by atoms with Gasteiger partial charge in [0.25, 0.3) is 0 Å². The van der Waals surface area contributed by atoms with Crippen molar-refractivity contribution in [3.05, 3.63) is 29.3 Å². The largest absolute Gasteiger partial charge is 0.437 e. The molecule has 0 amide bonds. The lowest BCUT2D eigenvalue weighted by Gasteiger charge is -2.15. The Balaban J connectivity index is 2.84. The third kappa shape index (κ3) is 3.05. The highest BCUT2D eigenvalue weighted by atomic mass is 16.2. The van der Waals surface area contributed by atoms with E-state index >= 15 is 0 Å². The summed E-state index contributed by atoms with van der Waals surface area (Å²) in [5, 5.41) is 12.2. The molecule has 1 rings (SSSR count). The van der Waals surface area contributed by atoms with E-state index in [0.29, 0.717) is 0 Å². The van der Waals surface area contributed by atoms with Crippen LogP contribution in [-0.4, -0.2) is 12.1 Å². The van der Waals surface area contributed by atoms with Gasteiger partial charge in [0.1, 0.15) is 0 Å². The second-order valence-corrected chi connectivity index (χ2v) is 3.74. The van der Waals surface area contributed by atoms with E-state index < -0.39 is 7.05 Å². The second kappa shape index (κ2) is 4.48. The minimum absolute atomic E-state index is 0.109. The van der Waals surface area contributed by atoms with E-state index in [1.54, 1.807) is 6.82 Å². The van der Waals surface area contributed by atoms with Crippen molar-refractivity contribution in [2.45, 2.75) is 26.7 Å². The van der Waals surface area contributed by atoms with E-state index in [9.17, 15) is 5.02 Å². The van der Waals surface area contributed by atoms with Crippen molar-refractivity contribution in [3.63, 3.8) is 0 Å². The van der Waals surface area contributed by atoms with Crippen LogP contribution in [0.15, 0.2) is 18.2 Å². The van der Waals surface area contributed by atoms with E-state index in [-0.39, 0.29) is 6.04 Å². The van der Waals surface area contributed by atoms with Crippen molar-refractivity contribution >= 4 is 12.7 Å². The zero-order valence-corrected chi connectivity index (χ0v) is 8.91. The van der Waals surface area contributed by atoms with Gasteiger partial charge in [-0.25, -0.2) is 0 Å². The third-order valence-electron chi connectivity index (χ3n) is 2.11. The van der Waals surface area contributed by atoms with Crippen molar-refractivity contribution in [2.75, 3.05) is 5.73 Å². The van der Waals surface area contributed by atoms with E-state index in [2.05, 4.69) is 11.3 Å². The number of benzene rings is 1. The molecular weight excluding hydrogens is 175 g/mol. The van der Waals surface area contributed by atoms with Crippen LogP contribution in [0.2, 0.25) is 6.82 Å². The summed E-state index contributed by atoms with van der Waals surface area (Å²) in [5.41, 5.74) is 8.74.